The number of halogens is 1. The second kappa shape index (κ2) is 8.08. The van der Waals surface area contributed by atoms with Gasteiger partial charge in [0, 0.05) is 38.8 Å². The predicted molar refractivity (Wildman–Crippen MR) is 91.0 cm³/mol. The molecule has 3 aliphatic heterocycles. The summed E-state index contributed by atoms with van der Waals surface area (Å²) < 4.78 is 18.4. The lowest BCUT2D eigenvalue weighted by molar-refractivity contribution is -0.136. The highest BCUT2D eigenvalue weighted by Gasteiger charge is 2.36. The van der Waals surface area contributed by atoms with Crippen LogP contribution in [0.5, 0.6) is 0 Å². The maximum Gasteiger partial charge on any atom is 0.225 e. The smallest absolute Gasteiger partial charge is 0.225 e. The van der Waals surface area contributed by atoms with Crippen LogP contribution in [0, 0.1) is 11.7 Å². The van der Waals surface area contributed by atoms with Crippen LogP contribution >= 0.6 is 0 Å². The quantitative estimate of drug-likeness (QED) is 0.750. The van der Waals surface area contributed by atoms with E-state index >= 15 is 0 Å². The number of fused-ring (bicyclic) bond motifs is 4. The molecule has 132 valence electrons. The average Bonchev–Trinajstić information content (AvgIpc) is 2.87. The number of carbonyl (C=O) groups excluding carboxylic acids is 1. The van der Waals surface area contributed by atoms with E-state index in [1.54, 1.807) is 0 Å². The summed E-state index contributed by atoms with van der Waals surface area (Å²) in [6, 6.07) is 7.05. The Morgan fingerprint density at radius 2 is 2.00 bits per heavy atom. The van der Waals surface area contributed by atoms with Gasteiger partial charge in [-0.05, 0) is 43.4 Å². The van der Waals surface area contributed by atoms with Crippen molar-refractivity contribution in [2.75, 3.05) is 32.8 Å². The summed E-state index contributed by atoms with van der Waals surface area (Å²) in [6.45, 7) is 6.75. The fourth-order valence-corrected chi connectivity index (χ4v) is 3.91. The Labute approximate surface area is 143 Å². The summed E-state index contributed by atoms with van der Waals surface area (Å²) in [5, 5.41) is 0. The first-order valence-corrected chi connectivity index (χ1v) is 8.99. The monoisotopic (exact) mass is 334 g/mol. The minimum absolute atomic E-state index is 0.194. The van der Waals surface area contributed by atoms with Crippen LogP contribution in [0.3, 0.4) is 0 Å². The van der Waals surface area contributed by atoms with Gasteiger partial charge in [0.05, 0.1) is 13.0 Å². The summed E-state index contributed by atoms with van der Waals surface area (Å²) in [5.74, 6) is 0.572. The van der Waals surface area contributed by atoms with Crippen LogP contribution in [0.2, 0.25) is 0 Å². The van der Waals surface area contributed by atoms with Gasteiger partial charge in [-0.2, -0.15) is 0 Å². The summed E-state index contributed by atoms with van der Waals surface area (Å²) >= 11 is 0. The van der Waals surface area contributed by atoms with Crippen LogP contribution in [-0.2, 0) is 16.1 Å². The third-order valence-corrected chi connectivity index (χ3v) is 5.09. The van der Waals surface area contributed by atoms with Crippen molar-refractivity contribution < 1.29 is 13.9 Å². The van der Waals surface area contributed by atoms with Gasteiger partial charge in [-0.1, -0.05) is 12.1 Å². The highest BCUT2D eigenvalue weighted by Crippen LogP contribution is 2.29. The molecule has 3 aliphatic rings. The van der Waals surface area contributed by atoms with Gasteiger partial charge in [0.25, 0.3) is 0 Å². The van der Waals surface area contributed by atoms with Crippen molar-refractivity contribution in [3.63, 3.8) is 0 Å². The molecule has 1 amide bonds. The number of amides is 1. The molecule has 5 heteroatoms. The second-order valence-electron chi connectivity index (χ2n) is 6.91. The van der Waals surface area contributed by atoms with Crippen LogP contribution < -0.4 is 0 Å². The van der Waals surface area contributed by atoms with Crippen molar-refractivity contribution in [1.82, 2.24) is 9.80 Å². The van der Waals surface area contributed by atoms with E-state index in [4.69, 9.17) is 4.74 Å². The third-order valence-electron chi connectivity index (χ3n) is 5.09. The van der Waals surface area contributed by atoms with Gasteiger partial charge in [0.2, 0.25) is 5.91 Å². The topological polar surface area (TPSA) is 32.8 Å². The van der Waals surface area contributed by atoms with Crippen LogP contribution in [0.4, 0.5) is 4.39 Å². The molecule has 0 unspecified atom stereocenters. The van der Waals surface area contributed by atoms with Crippen LogP contribution in [0.15, 0.2) is 24.3 Å². The maximum absolute atomic E-state index is 13.1. The molecule has 2 atom stereocenters. The van der Waals surface area contributed by atoms with Crippen molar-refractivity contribution in [1.29, 1.82) is 0 Å². The molecule has 3 fully saturated rings. The molecular weight excluding hydrogens is 307 g/mol. The molecular formula is C19H27FN2O2. The number of rotatable bonds is 6. The van der Waals surface area contributed by atoms with Gasteiger partial charge in [-0.25, -0.2) is 4.39 Å². The van der Waals surface area contributed by atoms with E-state index in [2.05, 4.69) is 9.80 Å². The number of hydrogen-bond acceptors (Lipinski definition) is 3. The van der Waals surface area contributed by atoms with Crippen LogP contribution in [-0.4, -0.2) is 54.6 Å². The third kappa shape index (κ3) is 4.33. The molecule has 4 nitrogen and oxygen atoms in total. The zero-order valence-corrected chi connectivity index (χ0v) is 14.4. The molecule has 2 bridgehead atoms. The first-order valence-electron chi connectivity index (χ1n) is 8.99. The Morgan fingerprint density at radius 1 is 1.21 bits per heavy atom. The van der Waals surface area contributed by atoms with Gasteiger partial charge in [-0.3, -0.25) is 9.69 Å². The number of benzene rings is 1. The standard InChI is InChI=1S/C19H27FN2O2/c1-2-24-10-9-19(23)22-13-16-5-8-18(22)14-21(12-16)11-15-3-6-17(20)7-4-15/h3-4,6-7,16,18H,2,5,8-14H2,1H3/t16-,18+/m1/s1. The SMILES string of the molecule is CCOCCC(=O)N1C[C@@H]2CC[C@H]1CN(Cc1ccc(F)cc1)C2. The summed E-state index contributed by atoms with van der Waals surface area (Å²) in [6.07, 6.45) is 2.76. The lowest BCUT2D eigenvalue weighted by atomic mass is 9.95. The van der Waals surface area contributed by atoms with Crippen molar-refractivity contribution >= 4 is 5.91 Å². The highest BCUT2D eigenvalue weighted by molar-refractivity contribution is 5.76. The fourth-order valence-electron chi connectivity index (χ4n) is 3.91. The minimum Gasteiger partial charge on any atom is -0.381 e. The van der Waals surface area contributed by atoms with Crippen molar-refractivity contribution in [2.24, 2.45) is 5.92 Å². The van der Waals surface area contributed by atoms with E-state index in [-0.39, 0.29) is 11.7 Å². The Kier molecular flexibility index (Phi) is 5.85. The van der Waals surface area contributed by atoms with Crippen molar-refractivity contribution in [3.8, 4) is 0 Å². The van der Waals surface area contributed by atoms with E-state index in [0.29, 0.717) is 31.6 Å². The molecule has 24 heavy (non-hydrogen) atoms. The molecule has 0 radical (unpaired) electrons. The van der Waals surface area contributed by atoms with Crippen LogP contribution in [0.1, 0.15) is 31.7 Å². The zero-order valence-electron chi connectivity index (χ0n) is 14.4. The summed E-state index contributed by atoms with van der Waals surface area (Å²) in [7, 11) is 0. The molecule has 4 rings (SSSR count). The number of hydrogen-bond donors (Lipinski definition) is 0. The Balaban J connectivity index is 1.60. The molecule has 3 heterocycles. The summed E-state index contributed by atoms with van der Waals surface area (Å²) in [5.41, 5.74) is 1.13. The molecule has 0 aliphatic carbocycles. The zero-order chi connectivity index (χ0) is 16.9. The Bertz CT molecular complexity index is 549. The van der Waals surface area contributed by atoms with E-state index in [1.807, 2.05) is 19.1 Å². The fraction of sp³-hybridized carbons (Fsp3) is 0.632. The number of ether oxygens (including phenoxy) is 1. The maximum atomic E-state index is 13.1. The number of nitrogens with zero attached hydrogens (tertiary/aromatic N) is 2. The molecule has 0 spiro atoms. The van der Waals surface area contributed by atoms with Gasteiger partial charge in [0.1, 0.15) is 5.82 Å². The largest absolute Gasteiger partial charge is 0.381 e. The highest BCUT2D eigenvalue weighted by atomic mass is 19.1. The molecule has 0 saturated carbocycles. The van der Waals surface area contributed by atoms with Crippen molar-refractivity contribution in [2.45, 2.75) is 38.8 Å². The van der Waals surface area contributed by atoms with Crippen molar-refractivity contribution in [3.05, 3.63) is 35.6 Å². The number of piperidine rings is 1. The molecule has 0 aromatic heterocycles. The normalized spacial score (nSPS) is 24.2. The van der Waals surface area contributed by atoms with Gasteiger partial charge in [-0.15, -0.1) is 0 Å². The van der Waals surface area contributed by atoms with E-state index in [1.165, 1.54) is 18.6 Å². The molecule has 3 saturated heterocycles. The van der Waals surface area contributed by atoms with Crippen LogP contribution in [0.25, 0.3) is 0 Å². The molecule has 1 aromatic carbocycles. The molecule has 0 N–H and O–H groups in total. The first kappa shape index (κ1) is 17.4. The van der Waals surface area contributed by atoms with E-state index in [9.17, 15) is 9.18 Å². The molecule has 1 aromatic rings. The number of carbonyl (C=O) groups is 1. The van der Waals surface area contributed by atoms with Gasteiger partial charge >= 0.3 is 0 Å². The second-order valence-corrected chi connectivity index (χ2v) is 6.91. The minimum atomic E-state index is -0.194. The van der Waals surface area contributed by atoms with Gasteiger partial charge < -0.3 is 9.64 Å². The lowest BCUT2D eigenvalue weighted by Crippen LogP contribution is -2.47. The van der Waals surface area contributed by atoms with E-state index < -0.39 is 0 Å². The summed E-state index contributed by atoms with van der Waals surface area (Å²) in [4.78, 5) is 17.0. The van der Waals surface area contributed by atoms with E-state index in [0.717, 1.165) is 38.2 Å². The average molecular weight is 334 g/mol. The predicted octanol–water partition coefficient (Wildman–Crippen LogP) is 2.68. The Morgan fingerprint density at radius 3 is 2.75 bits per heavy atom. The Hall–Kier alpha value is -1.46. The first-order chi connectivity index (χ1) is 11.7. The van der Waals surface area contributed by atoms with Gasteiger partial charge in [0.15, 0.2) is 0 Å². The lowest BCUT2D eigenvalue weighted by Gasteiger charge is -2.36.